The van der Waals surface area contributed by atoms with E-state index >= 15 is 0 Å². The molecule has 3 fully saturated rings. The lowest BCUT2D eigenvalue weighted by Gasteiger charge is -2.48. The highest BCUT2D eigenvalue weighted by Crippen LogP contribution is 2.41. The first-order valence-corrected chi connectivity index (χ1v) is 9.69. The Balaban J connectivity index is 1.39. The van der Waals surface area contributed by atoms with Crippen molar-refractivity contribution in [3.05, 3.63) is 23.9 Å². The van der Waals surface area contributed by atoms with E-state index in [1.165, 1.54) is 0 Å². The number of aromatic nitrogens is 1. The average Bonchev–Trinajstić information content (AvgIpc) is 3.19. The SMILES string of the molecule is N#Cc1cccc(N2CCC3(CCC(=O)N(C[C@H]4CCCO4)C3)CC2)n1. The first kappa shape index (κ1) is 17.3. The Kier molecular flexibility index (Phi) is 4.82. The van der Waals surface area contributed by atoms with Gasteiger partial charge in [-0.15, -0.1) is 0 Å². The number of carbonyl (C=O) groups excluding carboxylic acids is 1. The zero-order chi connectivity index (χ0) is 18.0. The van der Waals surface area contributed by atoms with E-state index in [1.54, 1.807) is 6.07 Å². The summed E-state index contributed by atoms with van der Waals surface area (Å²) in [4.78, 5) is 21.1. The van der Waals surface area contributed by atoms with E-state index in [0.717, 1.165) is 70.7 Å². The minimum Gasteiger partial charge on any atom is -0.376 e. The average molecular weight is 354 g/mol. The third-order valence-electron chi connectivity index (χ3n) is 6.19. The maximum atomic E-state index is 12.4. The first-order chi connectivity index (χ1) is 12.7. The molecule has 3 aliphatic rings. The molecule has 26 heavy (non-hydrogen) atoms. The molecular formula is C20H26N4O2. The Morgan fingerprint density at radius 3 is 2.88 bits per heavy atom. The zero-order valence-electron chi connectivity index (χ0n) is 15.2. The highest BCUT2D eigenvalue weighted by atomic mass is 16.5. The lowest BCUT2D eigenvalue weighted by atomic mass is 9.72. The second-order valence-corrected chi connectivity index (χ2v) is 7.89. The van der Waals surface area contributed by atoms with Crippen molar-refractivity contribution >= 4 is 11.7 Å². The van der Waals surface area contributed by atoms with Crippen molar-refractivity contribution in [3.8, 4) is 6.07 Å². The molecule has 0 N–H and O–H groups in total. The van der Waals surface area contributed by atoms with Gasteiger partial charge in [-0.1, -0.05) is 6.07 Å². The lowest BCUT2D eigenvalue weighted by Crippen LogP contribution is -2.53. The van der Waals surface area contributed by atoms with Crippen molar-refractivity contribution in [1.29, 1.82) is 5.26 Å². The molecule has 0 bridgehead atoms. The van der Waals surface area contributed by atoms with E-state index in [0.29, 0.717) is 12.1 Å². The zero-order valence-corrected chi connectivity index (χ0v) is 15.2. The second-order valence-electron chi connectivity index (χ2n) is 7.89. The Labute approximate surface area is 154 Å². The number of amides is 1. The molecule has 0 aromatic carbocycles. The van der Waals surface area contributed by atoms with Crippen LogP contribution in [0.4, 0.5) is 5.82 Å². The summed E-state index contributed by atoms with van der Waals surface area (Å²) in [5.74, 6) is 1.18. The number of nitrogens with zero attached hydrogens (tertiary/aromatic N) is 4. The van der Waals surface area contributed by atoms with Crippen LogP contribution < -0.4 is 4.90 Å². The maximum Gasteiger partial charge on any atom is 0.222 e. The number of rotatable bonds is 3. The van der Waals surface area contributed by atoms with Crippen molar-refractivity contribution < 1.29 is 9.53 Å². The monoisotopic (exact) mass is 354 g/mol. The van der Waals surface area contributed by atoms with E-state index < -0.39 is 0 Å². The number of piperidine rings is 2. The molecule has 1 spiro atoms. The number of hydrogen-bond donors (Lipinski definition) is 0. The van der Waals surface area contributed by atoms with Gasteiger partial charge in [0.2, 0.25) is 5.91 Å². The molecule has 4 rings (SSSR count). The van der Waals surface area contributed by atoms with Crippen LogP contribution in [0.5, 0.6) is 0 Å². The second kappa shape index (κ2) is 7.24. The van der Waals surface area contributed by atoms with Gasteiger partial charge in [0, 0.05) is 39.2 Å². The van der Waals surface area contributed by atoms with E-state index in [9.17, 15) is 4.79 Å². The van der Waals surface area contributed by atoms with Crippen LogP contribution in [0.2, 0.25) is 0 Å². The molecular weight excluding hydrogens is 328 g/mol. The van der Waals surface area contributed by atoms with Gasteiger partial charge in [0.15, 0.2) is 0 Å². The van der Waals surface area contributed by atoms with Crippen molar-refractivity contribution in [2.24, 2.45) is 5.41 Å². The molecule has 6 nitrogen and oxygen atoms in total. The minimum atomic E-state index is 0.229. The third-order valence-corrected chi connectivity index (χ3v) is 6.19. The molecule has 1 aromatic rings. The summed E-state index contributed by atoms with van der Waals surface area (Å²) in [7, 11) is 0. The van der Waals surface area contributed by atoms with Gasteiger partial charge in [-0.2, -0.15) is 5.26 Å². The Bertz CT molecular complexity index is 700. The number of ether oxygens (including phenoxy) is 1. The molecule has 1 aromatic heterocycles. The fourth-order valence-corrected chi connectivity index (χ4v) is 4.58. The van der Waals surface area contributed by atoms with E-state index in [1.807, 2.05) is 12.1 Å². The van der Waals surface area contributed by atoms with Gasteiger partial charge in [0.05, 0.1) is 6.10 Å². The normalized spacial score (nSPS) is 25.5. The topological polar surface area (TPSA) is 69.5 Å². The summed E-state index contributed by atoms with van der Waals surface area (Å²) in [6.07, 6.45) is 6.21. The van der Waals surface area contributed by atoms with Crippen LogP contribution in [-0.2, 0) is 9.53 Å². The maximum absolute atomic E-state index is 12.4. The fraction of sp³-hybridized carbons (Fsp3) is 0.650. The Hall–Kier alpha value is -2.13. The molecule has 0 unspecified atom stereocenters. The minimum absolute atomic E-state index is 0.229. The van der Waals surface area contributed by atoms with Crippen LogP contribution in [0.1, 0.15) is 44.2 Å². The van der Waals surface area contributed by atoms with Crippen LogP contribution in [0.25, 0.3) is 0 Å². The molecule has 0 radical (unpaired) electrons. The van der Waals surface area contributed by atoms with Gasteiger partial charge in [-0.05, 0) is 49.7 Å². The molecule has 0 saturated carbocycles. The Morgan fingerprint density at radius 2 is 2.15 bits per heavy atom. The third kappa shape index (κ3) is 3.54. The summed E-state index contributed by atoms with van der Waals surface area (Å²) >= 11 is 0. The van der Waals surface area contributed by atoms with Crippen molar-refractivity contribution in [3.63, 3.8) is 0 Å². The van der Waals surface area contributed by atoms with Crippen LogP contribution in [-0.4, -0.2) is 54.7 Å². The molecule has 0 aliphatic carbocycles. The van der Waals surface area contributed by atoms with Gasteiger partial charge in [0.1, 0.15) is 17.6 Å². The van der Waals surface area contributed by atoms with Crippen molar-refractivity contribution in [2.45, 2.75) is 44.6 Å². The van der Waals surface area contributed by atoms with E-state index in [2.05, 4.69) is 20.9 Å². The summed E-state index contributed by atoms with van der Waals surface area (Å²) in [5.41, 5.74) is 0.698. The molecule has 3 aliphatic heterocycles. The molecule has 4 heterocycles. The molecule has 1 amide bonds. The summed E-state index contributed by atoms with van der Waals surface area (Å²) < 4.78 is 5.74. The first-order valence-electron chi connectivity index (χ1n) is 9.69. The standard InChI is InChI=1S/C20H26N4O2/c21-13-16-3-1-5-18(22-16)23-10-8-20(9-11-23)7-6-19(25)24(15-20)14-17-4-2-12-26-17/h1,3,5,17H,2,4,6-12,14-15H2/t17-/m1/s1. The van der Waals surface area contributed by atoms with E-state index in [4.69, 9.17) is 10.00 Å². The molecule has 138 valence electrons. The van der Waals surface area contributed by atoms with Gasteiger partial charge in [-0.3, -0.25) is 4.79 Å². The predicted molar refractivity (Wildman–Crippen MR) is 97.6 cm³/mol. The Morgan fingerprint density at radius 1 is 1.31 bits per heavy atom. The van der Waals surface area contributed by atoms with Crippen LogP contribution >= 0.6 is 0 Å². The highest BCUT2D eigenvalue weighted by molar-refractivity contribution is 5.77. The highest BCUT2D eigenvalue weighted by Gasteiger charge is 2.41. The molecule has 1 atom stereocenters. The summed E-state index contributed by atoms with van der Waals surface area (Å²) in [6, 6.07) is 7.73. The number of nitriles is 1. The number of carbonyl (C=O) groups is 1. The quantitative estimate of drug-likeness (QED) is 0.833. The largest absolute Gasteiger partial charge is 0.376 e. The van der Waals surface area contributed by atoms with Crippen LogP contribution in [0.15, 0.2) is 18.2 Å². The smallest absolute Gasteiger partial charge is 0.222 e. The van der Waals surface area contributed by atoms with Gasteiger partial charge in [0.25, 0.3) is 0 Å². The summed E-state index contributed by atoms with van der Waals surface area (Å²) in [6.45, 7) is 4.33. The predicted octanol–water partition coefficient (Wildman–Crippen LogP) is 2.34. The summed E-state index contributed by atoms with van der Waals surface area (Å²) in [5, 5.41) is 9.05. The molecule has 6 heteroatoms. The van der Waals surface area contributed by atoms with Crippen LogP contribution in [0, 0.1) is 16.7 Å². The molecule has 3 saturated heterocycles. The van der Waals surface area contributed by atoms with Crippen LogP contribution in [0.3, 0.4) is 0 Å². The van der Waals surface area contributed by atoms with Gasteiger partial charge < -0.3 is 14.5 Å². The van der Waals surface area contributed by atoms with Crippen molar-refractivity contribution in [1.82, 2.24) is 9.88 Å². The number of anilines is 1. The van der Waals surface area contributed by atoms with Gasteiger partial charge in [-0.25, -0.2) is 4.98 Å². The number of pyridine rings is 1. The van der Waals surface area contributed by atoms with Gasteiger partial charge >= 0.3 is 0 Å². The number of likely N-dealkylation sites (tertiary alicyclic amines) is 1. The van der Waals surface area contributed by atoms with Crippen molar-refractivity contribution in [2.75, 3.05) is 37.7 Å². The number of hydrogen-bond acceptors (Lipinski definition) is 5. The fourth-order valence-electron chi connectivity index (χ4n) is 4.58. The lowest BCUT2D eigenvalue weighted by molar-refractivity contribution is -0.140. The van der Waals surface area contributed by atoms with E-state index in [-0.39, 0.29) is 17.4 Å².